The number of nitrogens with zero attached hydrogens (tertiary/aromatic N) is 2. The molecule has 0 saturated carbocycles. The van der Waals surface area contributed by atoms with Crippen LogP contribution >= 0.6 is 0 Å². The highest BCUT2D eigenvalue weighted by molar-refractivity contribution is 5.56. The highest BCUT2D eigenvalue weighted by atomic mass is 16.6. The first-order valence-electron chi connectivity index (χ1n) is 5.03. The lowest BCUT2D eigenvalue weighted by Gasteiger charge is -2.12. The van der Waals surface area contributed by atoms with Crippen molar-refractivity contribution in [2.45, 2.75) is 26.3 Å². The number of hydrogen-bond acceptors (Lipinski definition) is 5. The molecule has 6 heteroatoms. The standard InChI is InChI=1S/C10H15N3O3/c1-7-5-9(13(15)16)10(11-6-7)12-8(2)3-4-14/h5-6,8,14H,3-4H2,1-2H3,(H,11,12). The van der Waals surface area contributed by atoms with Crippen LogP contribution in [-0.2, 0) is 0 Å². The van der Waals surface area contributed by atoms with Gasteiger partial charge >= 0.3 is 5.69 Å². The molecule has 1 rings (SSSR count). The van der Waals surface area contributed by atoms with Crippen LogP contribution in [-0.4, -0.2) is 27.7 Å². The van der Waals surface area contributed by atoms with E-state index in [1.54, 1.807) is 13.1 Å². The first-order valence-corrected chi connectivity index (χ1v) is 5.03. The van der Waals surface area contributed by atoms with E-state index >= 15 is 0 Å². The second-order valence-corrected chi connectivity index (χ2v) is 3.70. The molecule has 0 spiro atoms. The van der Waals surface area contributed by atoms with E-state index in [2.05, 4.69) is 10.3 Å². The molecule has 1 unspecified atom stereocenters. The van der Waals surface area contributed by atoms with Gasteiger partial charge in [0.2, 0.25) is 5.82 Å². The average Bonchev–Trinajstić information content (AvgIpc) is 2.20. The van der Waals surface area contributed by atoms with Crippen molar-refractivity contribution < 1.29 is 10.0 Å². The first kappa shape index (κ1) is 12.4. The van der Waals surface area contributed by atoms with Crippen molar-refractivity contribution >= 4 is 11.5 Å². The van der Waals surface area contributed by atoms with Crippen molar-refractivity contribution in [3.63, 3.8) is 0 Å². The summed E-state index contributed by atoms with van der Waals surface area (Å²) in [5, 5.41) is 22.4. The van der Waals surface area contributed by atoms with Gasteiger partial charge in [0.1, 0.15) is 0 Å². The van der Waals surface area contributed by atoms with Gasteiger partial charge < -0.3 is 10.4 Å². The van der Waals surface area contributed by atoms with Crippen molar-refractivity contribution in [3.05, 3.63) is 27.9 Å². The van der Waals surface area contributed by atoms with Crippen molar-refractivity contribution in [1.29, 1.82) is 0 Å². The number of anilines is 1. The van der Waals surface area contributed by atoms with Crippen LogP contribution < -0.4 is 5.32 Å². The number of aryl methyl sites for hydroxylation is 1. The second kappa shape index (κ2) is 5.41. The predicted octanol–water partition coefficient (Wildman–Crippen LogP) is 1.48. The third-order valence-corrected chi connectivity index (χ3v) is 2.15. The fraction of sp³-hybridized carbons (Fsp3) is 0.500. The smallest absolute Gasteiger partial charge is 0.311 e. The normalized spacial score (nSPS) is 12.2. The topological polar surface area (TPSA) is 88.3 Å². The molecule has 0 aliphatic carbocycles. The Kier molecular flexibility index (Phi) is 4.19. The molecule has 1 heterocycles. The van der Waals surface area contributed by atoms with Gasteiger partial charge in [-0.2, -0.15) is 0 Å². The molecule has 0 saturated heterocycles. The Bertz CT molecular complexity index is 382. The Labute approximate surface area is 93.5 Å². The maximum atomic E-state index is 10.8. The van der Waals surface area contributed by atoms with Crippen LogP contribution in [0, 0.1) is 17.0 Å². The van der Waals surface area contributed by atoms with Crippen LogP contribution in [0.5, 0.6) is 0 Å². The zero-order valence-electron chi connectivity index (χ0n) is 9.30. The van der Waals surface area contributed by atoms with Crippen LogP contribution in [0.4, 0.5) is 11.5 Å². The van der Waals surface area contributed by atoms with E-state index in [-0.39, 0.29) is 24.2 Å². The molecule has 16 heavy (non-hydrogen) atoms. The van der Waals surface area contributed by atoms with Gasteiger partial charge in [0, 0.05) is 24.9 Å². The minimum Gasteiger partial charge on any atom is -0.396 e. The molecular weight excluding hydrogens is 210 g/mol. The largest absolute Gasteiger partial charge is 0.396 e. The fourth-order valence-corrected chi connectivity index (χ4v) is 1.30. The summed E-state index contributed by atoms with van der Waals surface area (Å²) in [6.07, 6.45) is 2.09. The molecule has 0 radical (unpaired) electrons. The number of aliphatic hydroxyl groups is 1. The van der Waals surface area contributed by atoms with E-state index in [4.69, 9.17) is 5.11 Å². The zero-order valence-corrected chi connectivity index (χ0v) is 9.30. The van der Waals surface area contributed by atoms with Gasteiger partial charge in [-0.1, -0.05) is 0 Å². The van der Waals surface area contributed by atoms with Gasteiger partial charge in [0.25, 0.3) is 0 Å². The summed E-state index contributed by atoms with van der Waals surface area (Å²) in [7, 11) is 0. The monoisotopic (exact) mass is 225 g/mol. The van der Waals surface area contributed by atoms with Crippen molar-refractivity contribution in [3.8, 4) is 0 Å². The Morgan fingerprint density at radius 1 is 1.69 bits per heavy atom. The van der Waals surface area contributed by atoms with Gasteiger partial charge in [-0.05, 0) is 25.8 Å². The molecule has 0 amide bonds. The Hall–Kier alpha value is -1.69. The van der Waals surface area contributed by atoms with Gasteiger partial charge in [-0.25, -0.2) is 4.98 Å². The highest BCUT2D eigenvalue weighted by Gasteiger charge is 2.16. The Morgan fingerprint density at radius 2 is 2.38 bits per heavy atom. The molecule has 88 valence electrons. The summed E-state index contributed by atoms with van der Waals surface area (Å²) in [6.45, 7) is 3.62. The Balaban J connectivity index is 2.90. The quantitative estimate of drug-likeness (QED) is 0.585. The maximum absolute atomic E-state index is 10.8. The van der Waals surface area contributed by atoms with Crippen molar-refractivity contribution in [2.24, 2.45) is 0 Å². The summed E-state index contributed by atoms with van der Waals surface area (Å²) >= 11 is 0. The van der Waals surface area contributed by atoms with Crippen molar-refractivity contribution in [2.75, 3.05) is 11.9 Å². The molecule has 0 fully saturated rings. The van der Waals surface area contributed by atoms with E-state index in [1.165, 1.54) is 6.07 Å². The molecule has 1 aromatic heterocycles. The molecule has 1 aromatic rings. The molecular formula is C10H15N3O3. The molecule has 6 nitrogen and oxygen atoms in total. The van der Waals surface area contributed by atoms with Crippen LogP contribution in [0.3, 0.4) is 0 Å². The number of rotatable bonds is 5. The van der Waals surface area contributed by atoms with E-state index in [9.17, 15) is 10.1 Å². The first-order chi connectivity index (χ1) is 7.54. The van der Waals surface area contributed by atoms with E-state index in [0.717, 1.165) is 5.56 Å². The summed E-state index contributed by atoms with van der Waals surface area (Å²) in [6, 6.07) is 1.42. The summed E-state index contributed by atoms with van der Waals surface area (Å²) in [5.74, 6) is 0.247. The SMILES string of the molecule is Cc1cnc(NC(C)CCO)c([N+](=O)[O-])c1. The predicted molar refractivity (Wildman–Crippen MR) is 60.4 cm³/mol. The fourth-order valence-electron chi connectivity index (χ4n) is 1.30. The number of aliphatic hydroxyl groups excluding tert-OH is 1. The average molecular weight is 225 g/mol. The third-order valence-electron chi connectivity index (χ3n) is 2.15. The lowest BCUT2D eigenvalue weighted by molar-refractivity contribution is -0.384. The maximum Gasteiger partial charge on any atom is 0.311 e. The number of nitrogens with one attached hydrogen (secondary N) is 1. The highest BCUT2D eigenvalue weighted by Crippen LogP contribution is 2.23. The molecule has 0 aliphatic rings. The second-order valence-electron chi connectivity index (χ2n) is 3.70. The van der Waals surface area contributed by atoms with Crippen molar-refractivity contribution in [1.82, 2.24) is 4.98 Å². The van der Waals surface area contributed by atoms with Crippen LogP contribution in [0.1, 0.15) is 18.9 Å². The number of pyridine rings is 1. The number of hydrogen-bond donors (Lipinski definition) is 2. The minimum atomic E-state index is -0.464. The lowest BCUT2D eigenvalue weighted by Crippen LogP contribution is -2.18. The number of aromatic nitrogens is 1. The zero-order chi connectivity index (χ0) is 12.1. The van der Waals surface area contributed by atoms with Gasteiger partial charge in [0.15, 0.2) is 0 Å². The molecule has 1 atom stereocenters. The van der Waals surface area contributed by atoms with E-state index in [1.807, 2.05) is 6.92 Å². The molecule has 0 bridgehead atoms. The van der Waals surface area contributed by atoms with Crippen LogP contribution in [0.25, 0.3) is 0 Å². The van der Waals surface area contributed by atoms with Gasteiger partial charge in [-0.15, -0.1) is 0 Å². The third kappa shape index (κ3) is 3.16. The molecule has 0 aromatic carbocycles. The lowest BCUT2D eigenvalue weighted by atomic mass is 10.2. The molecule has 0 aliphatic heterocycles. The van der Waals surface area contributed by atoms with Crippen LogP contribution in [0.2, 0.25) is 0 Å². The Morgan fingerprint density at radius 3 is 2.94 bits per heavy atom. The summed E-state index contributed by atoms with van der Waals surface area (Å²) in [4.78, 5) is 14.3. The minimum absolute atomic E-state index is 0.0355. The number of nitro groups is 1. The molecule has 2 N–H and O–H groups in total. The van der Waals surface area contributed by atoms with Gasteiger partial charge in [0.05, 0.1) is 4.92 Å². The van der Waals surface area contributed by atoms with Crippen LogP contribution in [0.15, 0.2) is 12.3 Å². The summed E-state index contributed by atoms with van der Waals surface area (Å²) in [5.41, 5.74) is 0.705. The van der Waals surface area contributed by atoms with Gasteiger partial charge in [-0.3, -0.25) is 10.1 Å². The summed E-state index contributed by atoms with van der Waals surface area (Å²) < 4.78 is 0. The van der Waals surface area contributed by atoms with E-state index in [0.29, 0.717) is 6.42 Å². The van der Waals surface area contributed by atoms with E-state index < -0.39 is 4.92 Å².